The first-order chi connectivity index (χ1) is 10.6. The maximum atomic E-state index is 13.6. The van der Waals surface area contributed by atoms with Crippen molar-refractivity contribution >= 4 is 44.3 Å². The minimum absolute atomic E-state index is 0. The predicted octanol–water partition coefficient (Wildman–Crippen LogP) is 5.50. The summed E-state index contributed by atoms with van der Waals surface area (Å²) in [6.45, 7) is 3.95. The largest absolute Gasteiger partial charge is 0.492 e. The Morgan fingerprint density at radius 2 is 1.87 bits per heavy atom. The number of halogens is 4. The third kappa shape index (κ3) is 6.07. The number of nitrogens with one attached hydrogen (secondary N) is 1. The van der Waals surface area contributed by atoms with Crippen LogP contribution >= 0.6 is 44.3 Å². The highest BCUT2D eigenvalue weighted by atomic mass is 79.9. The van der Waals surface area contributed by atoms with Crippen molar-refractivity contribution in [3.8, 4) is 5.75 Å². The first kappa shape index (κ1) is 20.4. The third-order valence-corrected chi connectivity index (χ3v) is 4.27. The van der Waals surface area contributed by atoms with Gasteiger partial charge < -0.3 is 10.1 Å². The lowest BCUT2D eigenvalue weighted by Gasteiger charge is -2.14. The number of hydrogen-bond donors (Lipinski definition) is 1. The normalized spacial score (nSPS) is 10.3. The van der Waals surface area contributed by atoms with Crippen molar-refractivity contribution in [1.82, 2.24) is 5.32 Å². The summed E-state index contributed by atoms with van der Waals surface area (Å²) >= 11 is 7.01. The van der Waals surface area contributed by atoms with Gasteiger partial charge in [-0.15, -0.1) is 12.4 Å². The average molecular weight is 468 g/mol. The molecule has 2 rings (SSSR count). The molecule has 0 saturated heterocycles. The molecule has 0 heterocycles. The van der Waals surface area contributed by atoms with Crippen molar-refractivity contribution in [3.63, 3.8) is 0 Å². The van der Waals surface area contributed by atoms with Gasteiger partial charge in [0.25, 0.3) is 0 Å². The second-order valence-corrected chi connectivity index (χ2v) is 6.60. The smallest absolute Gasteiger partial charge is 0.138 e. The van der Waals surface area contributed by atoms with Gasteiger partial charge in [-0.25, -0.2) is 4.39 Å². The van der Waals surface area contributed by atoms with Gasteiger partial charge in [0, 0.05) is 16.6 Å². The van der Waals surface area contributed by atoms with Crippen LogP contribution < -0.4 is 10.1 Å². The molecule has 126 valence electrons. The van der Waals surface area contributed by atoms with Gasteiger partial charge in [0.05, 0.1) is 11.1 Å². The van der Waals surface area contributed by atoms with E-state index in [1.165, 1.54) is 6.07 Å². The molecule has 0 saturated carbocycles. The molecule has 2 aromatic carbocycles. The highest BCUT2D eigenvalue weighted by Crippen LogP contribution is 2.32. The van der Waals surface area contributed by atoms with Crippen LogP contribution in [0, 0.1) is 5.82 Å². The van der Waals surface area contributed by atoms with E-state index in [9.17, 15) is 4.39 Å². The van der Waals surface area contributed by atoms with Gasteiger partial charge in [0.1, 0.15) is 11.6 Å². The van der Waals surface area contributed by atoms with Gasteiger partial charge in [-0.2, -0.15) is 0 Å². The van der Waals surface area contributed by atoms with Crippen LogP contribution in [0.3, 0.4) is 0 Å². The number of ether oxygens (including phenoxy) is 1. The topological polar surface area (TPSA) is 21.3 Å². The van der Waals surface area contributed by atoms with E-state index in [-0.39, 0.29) is 18.2 Å². The quantitative estimate of drug-likeness (QED) is 0.543. The second kappa shape index (κ2) is 10.3. The lowest BCUT2D eigenvalue weighted by atomic mass is 10.1. The zero-order valence-corrected chi connectivity index (χ0v) is 16.7. The lowest BCUT2D eigenvalue weighted by molar-refractivity contribution is 0.333. The van der Waals surface area contributed by atoms with E-state index < -0.39 is 0 Å². The maximum Gasteiger partial charge on any atom is 0.138 e. The Bertz CT molecular complexity index is 640. The van der Waals surface area contributed by atoms with Crippen LogP contribution in [0.5, 0.6) is 5.75 Å². The van der Waals surface area contributed by atoms with Gasteiger partial charge in [-0.1, -0.05) is 34.1 Å². The van der Waals surface area contributed by atoms with E-state index in [0.717, 1.165) is 25.8 Å². The third-order valence-electron chi connectivity index (χ3n) is 3.22. The summed E-state index contributed by atoms with van der Waals surface area (Å²) in [7, 11) is 0. The van der Waals surface area contributed by atoms with Gasteiger partial charge in [-0.3, -0.25) is 0 Å². The Hall–Kier alpha value is -0.620. The molecule has 0 radical (unpaired) electrons. The summed E-state index contributed by atoms with van der Waals surface area (Å²) in [5.41, 5.74) is 1.80. The Morgan fingerprint density at radius 1 is 1.13 bits per heavy atom. The first-order valence-electron chi connectivity index (χ1n) is 7.16. The fourth-order valence-corrected chi connectivity index (χ4v) is 3.63. The summed E-state index contributed by atoms with van der Waals surface area (Å²) < 4.78 is 21.2. The molecular formula is C17H19Br2ClFNO. The number of rotatable bonds is 7. The standard InChI is InChI=1S/C17H18Br2FNO.ClH/c1-2-22-17-13(9-14(18)10-15(17)19)11-21-8-7-12-5-3-4-6-16(12)20;/h3-6,9-10,21H,2,7-8,11H2,1H3;1H. The van der Waals surface area contributed by atoms with Crippen molar-refractivity contribution in [2.75, 3.05) is 13.2 Å². The maximum absolute atomic E-state index is 13.6. The molecule has 1 N–H and O–H groups in total. The summed E-state index contributed by atoms with van der Waals surface area (Å²) in [6, 6.07) is 10.9. The molecule has 0 unspecified atom stereocenters. The molecule has 0 fully saturated rings. The summed E-state index contributed by atoms with van der Waals surface area (Å²) in [5.74, 6) is 0.702. The van der Waals surface area contributed by atoms with E-state index in [0.29, 0.717) is 26.1 Å². The van der Waals surface area contributed by atoms with Crippen LogP contribution in [-0.4, -0.2) is 13.2 Å². The summed E-state index contributed by atoms with van der Waals surface area (Å²) in [6.07, 6.45) is 0.659. The molecule has 0 aliphatic heterocycles. The second-order valence-electron chi connectivity index (χ2n) is 4.83. The molecule has 0 aliphatic carbocycles. The van der Waals surface area contributed by atoms with Crippen LogP contribution in [0.25, 0.3) is 0 Å². The van der Waals surface area contributed by atoms with E-state index >= 15 is 0 Å². The van der Waals surface area contributed by atoms with Crippen molar-refractivity contribution < 1.29 is 9.13 Å². The van der Waals surface area contributed by atoms with E-state index in [1.54, 1.807) is 6.07 Å². The zero-order chi connectivity index (χ0) is 15.9. The van der Waals surface area contributed by atoms with Crippen molar-refractivity contribution in [2.24, 2.45) is 0 Å². The fraction of sp³-hybridized carbons (Fsp3) is 0.294. The fourth-order valence-electron chi connectivity index (χ4n) is 2.20. The minimum Gasteiger partial charge on any atom is -0.492 e. The van der Waals surface area contributed by atoms with E-state index in [4.69, 9.17) is 4.74 Å². The van der Waals surface area contributed by atoms with Crippen molar-refractivity contribution in [1.29, 1.82) is 0 Å². The Labute approximate surface area is 159 Å². The number of hydrogen-bond acceptors (Lipinski definition) is 2. The van der Waals surface area contributed by atoms with Gasteiger partial charge in [-0.05, 0) is 59.6 Å². The van der Waals surface area contributed by atoms with Crippen LogP contribution in [0.1, 0.15) is 18.1 Å². The molecule has 0 amide bonds. The van der Waals surface area contributed by atoms with Gasteiger partial charge >= 0.3 is 0 Å². The minimum atomic E-state index is -0.149. The van der Waals surface area contributed by atoms with Crippen LogP contribution in [0.4, 0.5) is 4.39 Å². The predicted molar refractivity (Wildman–Crippen MR) is 102 cm³/mol. The Kier molecular flexibility index (Phi) is 9.14. The molecule has 0 aliphatic rings. The summed E-state index contributed by atoms with van der Waals surface area (Å²) in [4.78, 5) is 0. The molecule has 2 nitrogen and oxygen atoms in total. The molecule has 0 atom stereocenters. The SMILES string of the molecule is CCOc1c(Br)cc(Br)cc1CNCCc1ccccc1F.Cl. The molecule has 23 heavy (non-hydrogen) atoms. The zero-order valence-electron chi connectivity index (χ0n) is 12.7. The van der Waals surface area contributed by atoms with Gasteiger partial charge in [0.2, 0.25) is 0 Å². The lowest BCUT2D eigenvalue weighted by Crippen LogP contribution is -2.18. The monoisotopic (exact) mass is 465 g/mol. The summed E-state index contributed by atoms with van der Waals surface area (Å²) in [5, 5.41) is 3.34. The molecular weight excluding hydrogens is 448 g/mol. The number of benzene rings is 2. The Morgan fingerprint density at radius 3 is 2.57 bits per heavy atom. The highest BCUT2D eigenvalue weighted by molar-refractivity contribution is 9.11. The molecule has 2 aromatic rings. The molecule has 0 spiro atoms. The van der Waals surface area contributed by atoms with Crippen LogP contribution in [-0.2, 0) is 13.0 Å². The van der Waals surface area contributed by atoms with Crippen LogP contribution in [0.2, 0.25) is 0 Å². The van der Waals surface area contributed by atoms with Crippen LogP contribution in [0.15, 0.2) is 45.3 Å². The molecule has 0 aromatic heterocycles. The molecule has 6 heteroatoms. The van der Waals surface area contributed by atoms with E-state index in [2.05, 4.69) is 37.2 Å². The van der Waals surface area contributed by atoms with E-state index in [1.807, 2.05) is 31.2 Å². The Balaban J connectivity index is 0.00000264. The van der Waals surface area contributed by atoms with Gasteiger partial charge in [0.15, 0.2) is 0 Å². The average Bonchev–Trinajstić information content (AvgIpc) is 2.48. The van der Waals surface area contributed by atoms with Crippen molar-refractivity contribution in [3.05, 3.63) is 62.3 Å². The highest BCUT2D eigenvalue weighted by Gasteiger charge is 2.10. The molecule has 0 bridgehead atoms. The van der Waals surface area contributed by atoms with Crippen molar-refractivity contribution in [2.45, 2.75) is 19.9 Å². The first-order valence-corrected chi connectivity index (χ1v) is 8.75.